The molecule has 6 nitrogen and oxygen atoms in total. The van der Waals surface area contributed by atoms with Crippen LogP contribution in [0.15, 0.2) is 47.5 Å². The normalized spacial score (nSPS) is 15.5. The molecular weight excluding hydrogens is 491 g/mol. The molecule has 1 aliphatic heterocycles. The molecule has 2 aromatic rings. The lowest BCUT2D eigenvalue weighted by molar-refractivity contribution is -0.116. The molecular formula is C23H31IN4O2. The fraction of sp³-hybridized carbons (Fsp3) is 0.391. The van der Waals surface area contributed by atoms with Crippen molar-refractivity contribution in [3.05, 3.63) is 59.2 Å². The molecule has 1 atom stereocenters. The topological polar surface area (TPSA) is 74.8 Å². The van der Waals surface area contributed by atoms with Crippen LogP contribution >= 0.6 is 24.0 Å². The molecule has 1 aliphatic rings. The average molecular weight is 522 g/mol. The summed E-state index contributed by atoms with van der Waals surface area (Å²) in [5.74, 6) is 1.75. The predicted octanol–water partition coefficient (Wildman–Crippen LogP) is 3.98. The van der Waals surface area contributed by atoms with Gasteiger partial charge in [0, 0.05) is 24.6 Å². The van der Waals surface area contributed by atoms with Gasteiger partial charge >= 0.3 is 0 Å². The predicted molar refractivity (Wildman–Crippen MR) is 133 cm³/mol. The first-order valence-electron chi connectivity index (χ1n) is 10.2. The van der Waals surface area contributed by atoms with Crippen LogP contribution in [0.4, 0.5) is 5.69 Å². The van der Waals surface area contributed by atoms with Crippen LogP contribution in [-0.4, -0.2) is 38.1 Å². The van der Waals surface area contributed by atoms with Crippen molar-refractivity contribution in [3.63, 3.8) is 0 Å². The summed E-state index contributed by atoms with van der Waals surface area (Å²) in [5, 5.41) is 9.50. The second kappa shape index (κ2) is 11.8. The van der Waals surface area contributed by atoms with Gasteiger partial charge in [-0.25, -0.2) is 0 Å². The number of aryl methyl sites for hydroxylation is 2. The number of amides is 1. The van der Waals surface area contributed by atoms with E-state index in [-0.39, 0.29) is 35.8 Å². The van der Waals surface area contributed by atoms with Crippen LogP contribution in [0, 0.1) is 13.8 Å². The molecule has 7 heteroatoms. The summed E-state index contributed by atoms with van der Waals surface area (Å²) >= 11 is 0. The lowest BCUT2D eigenvalue weighted by Gasteiger charge is -2.24. The van der Waals surface area contributed by atoms with Gasteiger partial charge in [0.15, 0.2) is 5.96 Å². The van der Waals surface area contributed by atoms with Gasteiger partial charge in [-0.15, -0.1) is 24.0 Å². The SMILES string of the molecule is CCNC(=NCC1CC(=O)Nc2ccccc21)NCCOc1cc(C)cc(C)c1.I. The maximum Gasteiger partial charge on any atom is 0.225 e. The van der Waals surface area contributed by atoms with Gasteiger partial charge in [-0.3, -0.25) is 9.79 Å². The monoisotopic (exact) mass is 522 g/mol. The van der Waals surface area contributed by atoms with Crippen molar-refractivity contribution in [1.82, 2.24) is 10.6 Å². The Labute approximate surface area is 195 Å². The van der Waals surface area contributed by atoms with E-state index in [1.165, 1.54) is 11.1 Å². The molecule has 2 aromatic carbocycles. The zero-order chi connectivity index (χ0) is 20.6. The van der Waals surface area contributed by atoms with Crippen molar-refractivity contribution >= 4 is 41.5 Å². The number of benzene rings is 2. The highest BCUT2D eigenvalue weighted by molar-refractivity contribution is 14.0. The smallest absolute Gasteiger partial charge is 0.225 e. The number of hydrogen-bond donors (Lipinski definition) is 3. The second-order valence-corrected chi connectivity index (χ2v) is 7.35. The first-order valence-corrected chi connectivity index (χ1v) is 10.2. The second-order valence-electron chi connectivity index (χ2n) is 7.35. The molecule has 0 saturated carbocycles. The quantitative estimate of drug-likeness (QED) is 0.223. The third kappa shape index (κ3) is 6.90. The van der Waals surface area contributed by atoms with Crippen LogP contribution in [0.2, 0.25) is 0 Å². The summed E-state index contributed by atoms with van der Waals surface area (Å²) in [5.41, 5.74) is 4.42. The number of ether oxygens (including phenoxy) is 1. The van der Waals surface area contributed by atoms with Gasteiger partial charge in [0.05, 0.1) is 13.1 Å². The fourth-order valence-corrected chi connectivity index (χ4v) is 3.56. The first-order chi connectivity index (χ1) is 14.0. The van der Waals surface area contributed by atoms with Crippen LogP contribution in [0.1, 0.15) is 36.0 Å². The summed E-state index contributed by atoms with van der Waals surface area (Å²) < 4.78 is 5.85. The zero-order valence-electron chi connectivity index (χ0n) is 17.8. The molecule has 162 valence electrons. The number of rotatable bonds is 7. The first kappa shape index (κ1) is 24.0. The molecule has 1 heterocycles. The van der Waals surface area contributed by atoms with E-state index in [4.69, 9.17) is 9.73 Å². The molecule has 0 bridgehead atoms. The van der Waals surface area contributed by atoms with Crippen molar-refractivity contribution in [2.75, 3.05) is 31.6 Å². The van der Waals surface area contributed by atoms with Gasteiger partial charge in [0.1, 0.15) is 12.4 Å². The molecule has 3 N–H and O–H groups in total. The summed E-state index contributed by atoms with van der Waals surface area (Å²) in [7, 11) is 0. The lowest BCUT2D eigenvalue weighted by Crippen LogP contribution is -2.39. The number of fused-ring (bicyclic) bond motifs is 1. The molecule has 0 radical (unpaired) electrons. The number of carbonyl (C=O) groups is 1. The van der Waals surface area contributed by atoms with Crippen LogP contribution in [0.5, 0.6) is 5.75 Å². The fourth-order valence-electron chi connectivity index (χ4n) is 3.56. The van der Waals surface area contributed by atoms with Crippen LogP contribution in [-0.2, 0) is 4.79 Å². The Kier molecular flexibility index (Phi) is 9.42. The van der Waals surface area contributed by atoms with Crippen molar-refractivity contribution in [3.8, 4) is 5.75 Å². The Morgan fingerprint density at radius 3 is 2.63 bits per heavy atom. The van der Waals surface area contributed by atoms with Crippen molar-refractivity contribution in [2.24, 2.45) is 4.99 Å². The van der Waals surface area contributed by atoms with E-state index in [9.17, 15) is 4.79 Å². The number of hydrogen-bond acceptors (Lipinski definition) is 3. The lowest BCUT2D eigenvalue weighted by atomic mass is 9.91. The van der Waals surface area contributed by atoms with Gasteiger partial charge < -0.3 is 20.7 Å². The summed E-state index contributed by atoms with van der Waals surface area (Å²) in [4.78, 5) is 16.7. The van der Waals surface area contributed by atoms with E-state index in [1.807, 2.05) is 37.3 Å². The minimum Gasteiger partial charge on any atom is -0.492 e. The Morgan fingerprint density at radius 2 is 1.90 bits per heavy atom. The van der Waals surface area contributed by atoms with Crippen LogP contribution in [0.3, 0.4) is 0 Å². The maximum absolute atomic E-state index is 12.0. The van der Waals surface area contributed by atoms with E-state index in [0.29, 0.717) is 26.1 Å². The third-order valence-corrected chi connectivity index (χ3v) is 4.78. The van der Waals surface area contributed by atoms with Crippen LogP contribution < -0.4 is 20.7 Å². The number of carbonyl (C=O) groups excluding carboxylic acids is 1. The molecule has 1 unspecified atom stereocenters. The van der Waals surface area contributed by atoms with Crippen molar-refractivity contribution < 1.29 is 9.53 Å². The zero-order valence-corrected chi connectivity index (χ0v) is 20.2. The minimum atomic E-state index is 0. The van der Waals surface area contributed by atoms with Crippen molar-refractivity contribution in [2.45, 2.75) is 33.1 Å². The highest BCUT2D eigenvalue weighted by Crippen LogP contribution is 2.31. The average Bonchev–Trinajstić information content (AvgIpc) is 2.68. The Hall–Kier alpha value is -2.29. The number of aliphatic imine (C=N–C) groups is 1. The van der Waals surface area contributed by atoms with Crippen molar-refractivity contribution in [1.29, 1.82) is 0 Å². The largest absolute Gasteiger partial charge is 0.492 e. The number of para-hydroxylation sites is 1. The third-order valence-electron chi connectivity index (χ3n) is 4.78. The standard InChI is InChI=1S/C23H30N4O2.HI/c1-4-24-23(25-9-10-29-19-12-16(2)11-17(3)13-19)26-15-18-14-22(28)27-21-8-6-5-7-20(18)21;/h5-8,11-13,18H,4,9-10,14-15H2,1-3H3,(H,27,28)(H2,24,25,26);1H. The number of anilines is 1. The van der Waals surface area contributed by atoms with E-state index in [2.05, 4.69) is 41.9 Å². The van der Waals surface area contributed by atoms with Crippen LogP contribution in [0.25, 0.3) is 0 Å². The van der Waals surface area contributed by atoms with E-state index < -0.39 is 0 Å². The van der Waals surface area contributed by atoms with Gasteiger partial charge in [0.25, 0.3) is 0 Å². The van der Waals surface area contributed by atoms with Gasteiger partial charge in [-0.1, -0.05) is 24.3 Å². The van der Waals surface area contributed by atoms with E-state index >= 15 is 0 Å². The number of halogens is 1. The van der Waals surface area contributed by atoms with Gasteiger partial charge in [0.2, 0.25) is 5.91 Å². The van der Waals surface area contributed by atoms with E-state index in [1.54, 1.807) is 0 Å². The summed E-state index contributed by atoms with van der Waals surface area (Å²) in [6.07, 6.45) is 0.454. The Balaban J connectivity index is 0.00000320. The Morgan fingerprint density at radius 1 is 1.17 bits per heavy atom. The molecule has 0 fully saturated rings. The molecule has 3 rings (SSSR count). The van der Waals surface area contributed by atoms with Gasteiger partial charge in [-0.05, 0) is 55.7 Å². The highest BCUT2D eigenvalue weighted by Gasteiger charge is 2.24. The maximum atomic E-state index is 12.0. The van der Waals surface area contributed by atoms with E-state index in [0.717, 1.165) is 29.5 Å². The molecule has 30 heavy (non-hydrogen) atoms. The summed E-state index contributed by atoms with van der Waals surface area (Å²) in [6.45, 7) is 8.67. The molecule has 0 aliphatic carbocycles. The number of nitrogens with zero attached hydrogens (tertiary/aromatic N) is 1. The number of guanidine groups is 1. The minimum absolute atomic E-state index is 0. The molecule has 1 amide bonds. The Bertz CT molecular complexity index is 865. The summed E-state index contributed by atoms with van der Waals surface area (Å²) in [6, 6.07) is 14.2. The number of nitrogens with one attached hydrogen (secondary N) is 3. The molecule has 0 aromatic heterocycles. The highest BCUT2D eigenvalue weighted by atomic mass is 127. The molecule has 0 saturated heterocycles. The van der Waals surface area contributed by atoms with Gasteiger partial charge in [-0.2, -0.15) is 0 Å². The molecule has 0 spiro atoms.